The molecule has 1 unspecified atom stereocenters. The molecule has 0 radical (unpaired) electrons. The van der Waals surface area contributed by atoms with Crippen molar-refractivity contribution in [3.8, 4) is 5.75 Å². The minimum absolute atomic E-state index is 0.160. The minimum Gasteiger partial charge on any atom is -0.486 e. The van der Waals surface area contributed by atoms with Gasteiger partial charge in [0.05, 0.1) is 0 Å². The van der Waals surface area contributed by atoms with E-state index in [-0.39, 0.29) is 6.10 Å². The second-order valence-corrected chi connectivity index (χ2v) is 3.98. The van der Waals surface area contributed by atoms with Crippen molar-refractivity contribution in [3.05, 3.63) is 22.4 Å². The molecule has 1 saturated heterocycles. The molecule has 0 aliphatic carbocycles. The molecule has 1 aromatic rings. The maximum absolute atomic E-state index is 5.92. The summed E-state index contributed by atoms with van der Waals surface area (Å²) in [6.07, 6.45) is 4.21. The van der Waals surface area contributed by atoms with E-state index in [1.165, 1.54) is 12.4 Å². The van der Waals surface area contributed by atoms with Crippen molar-refractivity contribution in [3.63, 3.8) is 0 Å². The molecule has 2 rings (SSSR count). The van der Waals surface area contributed by atoms with Crippen LogP contribution >= 0.6 is 23.2 Å². The van der Waals surface area contributed by atoms with Crippen molar-refractivity contribution in [2.45, 2.75) is 12.5 Å². The van der Waals surface area contributed by atoms with Crippen LogP contribution in [0.2, 0.25) is 10.0 Å². The van der Waals surface area contributed by atoms with Crippen LogP contribution in [0.5, 0.6) is 5.75 Å². The molecular weight excluding hydrogens is 223 g/mol. The maximum Gasteiger partial charge on any atom is 0.160 e. The lowest BCUT2D eigenvalue weighted by atomic mass is 10.3. The van der Waals surface area contributed by atoms with E-state index in [9.17, 15) is 0 Å². The predicted octanol–water partition coefficient (Wildman–Crippen LogP) is 2.13. The van der Waals surface area contributed by atoms with E-state index in [4.69, 9.17) is 27.9 Å². The Morgan fingerprint density at radius 1 is 1.36 bits per heavy atom. The van der Waals surface area contributed by atoms with Crippen LogP contribution in [0, 0.1) is 0 Å². The van der Waals surface area contributed by atoms with Gasteiger partial charge in [-0.25, -0.2) is 0 Å². The van der Waals surface area contributed by atoms with Crippen LogP contribution in [-0.4, -0.2) is 24.2 Å². The normalized spacial score (nSPS) is 21.1. The zero-order chi connectivity index (χ0) is 9.97. The average molecular weight is 233 g/mol. The number of aromatic nitrogens is 1. The molecule has 3 nitrogen and oxygen atoms in total. The van der Waals surface area contributed by atoms with Crippen molar-refractivity contribution < 1.29 is 4.74 Å². The molecule has 0 bridgehead atoms. The van der Waals surface area contributed by atoms with Crippen molar-refractivity contribution in [2.24, 2.45) is 0 Å². The first-order valence-corrected chi connectivity index (χ1v) is 5.19. The summed E-state index contributed by atoms with van der Waals surface area (Å²) in [4.78, 5) is 3.86. The van der Waals surface area contributed by atoms with Gasteiger partial charge >= 0.3 is 0 Å². The summed E-state index contributed by atoms with van der Waals surface area (Å²) < 4.78 is 5.67. The molecule has 1 aromatic heterocycles. The van der Waals surface area contributed by atoms with Gasteiger partial charge in [-0.2, -0.15) is 0 Å². The highest BCUT2D eigenvalue weighted by molar-refractivity contribution is 6.36. The first-order valence-electron chi connectivity index (χ1n) is 4.44. The highest BCUT2D eigenvalue weighted by atomic mass is 35.5. The monoisotopic (exact) mass is 232 g/mol. The molecule has 0 aromatic carbocycles. The SMILES string of the molecule is Clc1cncc(Cl)c1OC1CCNC1. The highest BCUT2D eigenvalue weighted by Crippen LogP contribution is 2.32. The smallest absolute Gasteiger partial charge is 0.160 e. The first-order chi connectivity index (χ1) is 6.77. The van der Waals surface area contributed by atoms with Gasteiger partial charge in [0.2, 0.25) is 0 Å². The topological polar surface area (TPSA) is 34.1 Å². The summed E-state index contributed by atoms with van der Waals surface area (Å²) >= 11 is 11.8. The van der Waals surface area contributed by atoms with Crippen LogP contribution in [0.15, 0.2) is 12.4 Å². The molecule has 1 aliphatic heterocycles. The number of ether oxygens (including phenoxy) is 1. The zero-order valence-corrected chi connectivity index (χ0v) is 8.98. The van der Waals surface area contributed by atoms with Gasteiger partial charge in [0, 0.05) is 18.9 Å². The van der Waals surface area contributed by atoms with Gasteiger partial charge in [-0.3, -0.25) is 4.98 Å². The van der Waals surface area contributed by atoms with E-state index in [1.807, 2.05) is 0 Å². The Labute approximate surface area is 92.4 Å². The Balaban J connectivity index is 2.14. The van der Waals surface area contributed by atoms with Crippen molar-refractivity contribution >= 4 is 23.2 Å². The van der Waals surface area contributed by atoms with E-state index in [0.717, 1.165) is 19.5 Å². The fourth-order valence-electron chi connectivity index (χ4n) is 1.41. The Hall–Kier alpha value is -0.510. The second kappa shape index (κ2) is 4.34. The number of rotatable bonds is 2. The zero-order valence-electron chi connectivity index (χ0n) is 7.46. The van der Waals surface area contributed by atoms with Crippen LogP contribution in [0.25, 0.3) is 0 Å². The molecule has 1 fully saturated rings. The fraction of sp³-hybridized carbons (Fsp3) is 0.444. The van der Waals surface area contributed by atoms with Gasteiger partial charge in [0.1, 0.15) is 16.1 Å². The molecule has 1 N–H and O–H groups in total. The molecule has 0 saturated carbocycles. The minimum atomic E-state index is 0.160. The van der Waals surface area contributed by atoms with Gasteiger partial charge in [0.25, 0.3) is 0 Å². The van der Waals surface area contributed by atoms with Crippen LogP contribution in [0.1, 0.15) is 6.42 Å². The van der Waals surface area contributed by atoms with E-state index in [0.29, 0.717) is 15.8 Å². The number of halogens is 2. The highest BCUT2D eigenvalue weighted by Gasteiger charge is 2.18. The van der Waals surface area contributed by atoms with Gasteiger partial charge in [-0.15, -0.1) is 0 Å². The van der Waals surface area contributed by atoms with Gasteiger partial charge in [0.15, 0.2) is 5.75 Å². The molecule has 1 aliphatic rings. The molecular formula is C9H10Cl2N2O. The lowest BCUT2D eigenvalue weighted by Crippen LogP contribution is -2.19. The van der Waals surface area contributed by atoms with Gasteiger partial charge in [-0.05, 0) is 13.0 Å². The van der Waals surface area contributed by atoms with Crippen LogP contribution in [0.3, 0.4) is 0 Å². The number of nitrogens with one attached hydrogen (secondary N) is 1. The third kappa shape index (κ3) is 2.11. The van der Waals surface area contributed by atoms with Crippen molar-refractivity contribution in [1.82, 2.24) is 10.3 Å². The Morgan fingerprint density at radius 2 is 2.07 bits per heavy atom. The summed E-state index contributed by atoms with van der Waals surface area (Å²) in [6, 6.07) is 0. The third-order valence-electron chi connectivity index (χ3n) is 2.11. The molecule has 0 spiro atoms. The second-order valence-electron chi connectivity index (χ2n) is 3.16. The summed E-state index contributed by atoms with van der Waals surface area (Å²) in [7, 11) is 0. The fourth-order valence-corrected chi connectivity index (χ4v) is 1.86. The molecule has 0 amide bonds. The number of pyridine rings is 1. The number of hydrogen-bond donors (Lipinski definition) is 1. The standard InChI is InChI=1S/C9H10Cl2N2O/c10-7-4-13-5-8(11)9(7)14-6-1-2-12-3-6/h4-6,12H,1-3H2. The quantitative estimate of drug-likeness (QED) is 0.849. The predicted molar refractivity (Wildman–Crippen MR) is 56.2 cm³/mol. The molecule has 14 heavy (non-hydrogen) atoms. The molecule has 1 atom stereocenters. The summed E-state index contributed by atoms with van der Waals surface area (Å²) in [6.45, 7) is 1.82. The summed E-state index contributed by atoms with van der Waals surface area (Å²) in [5.41, 5.74) is 0. The maximum atomic E-state index is 5.92. The van der Waals surface area contributed by atoms with Crippen LogP contribution in [-0.2, 0) is 0 Å². The lowest BCUT2D eigenvalue weighted by molar-refractivity contribution is 0.223. The number of nitrogens with zero attached hydrogens (tertiary/aromatic N) is 1. The molecule has 76 valence electrons. The van der Waals surface area contributed by atoms with E-state index in [2.05, 4.69) is 10.3 Å². The first kappa shape index (κ1) is 10.0. The van der Waals surface area contributed by atoms with Gasteiger partial charge < -0.3 is 10.1 Å². The Bertz CT molecular complexity index is 306. The molecule has 2 heterocycles. The van der Waals surface area contributed by atoms with Gasteiger partial charge in [-0.1, -0.05) is 23.2 Å². The average Bonchev–Trinajstić information content (AvgIpc) is 2.64. The molecule has 5 heteroatoms. The van der Waals surface area contributed by atoms with E-state index in [1.54, 1.807) is 0 Å². The third-order valence-corrected chi connectivity index (χ3v) is 2.65. The Kier molecular flexibility index (Phi) is 3.11. The van der Waals surface area contributed by atoms with E-state index >= 15 is 0 Å². The largest absolute Gasteiger partial charge is 0.486 e. The Morgan fingerprint density at radius 3 is 2.64 bits per heavy atom. The number of hydrogen-bond acceptors (Lipinski definition) is 3. The van der Waals surface area contributed by atoms with Crippen LogP contribution in [0.4, 0.5) is 0 Å². The summed E-state index contributed by atoms with van der Waals surface area (Å²) in [5.74, 6) is 0.539. The van der Waals surface area contributed by atoms with Crippen LogP contribution < -0.4 is 10.1 Å². The summed E-state index contributed by atoms with van der Waals surface area (Å²) in [5, 5.41) is 4.13. The lowest BCUT2D eigenvalue weighted by Gasteiger charge is -2.14. The van der Waals surface area contributed by atoms with E-state index < -0.39 is 0 Å². The van der Waals surface area contributed by atoms with Crippen molar-refractivity contribution in [1.29, 1.82) is 0 Å². The van der Waals surface area contributed by atoms with Crippen molar-refractivity contribution in [2.75, 3.05) is 13.1 Å².